The summed E-state index contributed by atoms with van der Waals surface area (Å²) in [6.07, 6.45) is 1.67. The zero-order chi connectivity index (χ0) is 10.6. The molecule has 1 heterocycles. The summed E-state index contributed by atoms with van der Waals surface area (Å²) in [6, 6.07) is 0.270. The predicted molar refractivity (Wildman–Crippen MR) is 62.5 cm³/mol. The molecule has 0 atom stereocenters. The van der Waals surface area contributed by atoms with Crippen LogP contribution in [0.1, 0.15) is 33.6 Å². The molecule has 1 aliphatic rings. The molecule has 0 spiro atoms. The van der Waals surface area contributed by atoms with E-state index in [1.54, 1.807) is 0 Å². The Morgan fingerprint density at radius 3 is 2.33 bits per heavy atom. The van der Waals surface area contributed by atoms with Crippen molar-refractivity contribution in [3.63, 3.8) is 0 Å². The van der Waals surface area contributed by atoms with E-state index in [0.717, 1.165) is 25.9 Å². The van der Waals surface area contributed by atoms with E-state index in [1.807, 2.05) is 20.8 Å². The molecule has 2 N–H and O–H groups in total. The van der Waals surface area contributed by atoms with Crippen LogP contribution in [0.25, 0.3) is 0 Å². The van der Waals surface area contributed by atoms with E-state index in [4.69, 9.17) is 4.74 Å². The number of halogens is 1. The molecule has 0 aromatic rings. The Bertz CT molecular complexity index is 198. The van der Waals surface area contributed by atoms with Gasteiger partial charge in [0, 0.05) is 6.04 Å². The SMILES string of the molecule is CC(C)(C)OC(=O)NC1CCNCC1.Cl. The first-order chi connectivity index (χ1) is 6.47. The molecule has 15 heavy (non-hydrogen) atoms. The lowest BCUT2D eigenvalue weighted by Crippen LogP contribution is -2.44. The lowest BCUT2D eigenvalue weighted by Gasteiger charge is -2.26. The summed E-state index contributed by atoms with van der Waals surface area (Å²) in [5.41, 5.74) is -0.406. The quantitative estimate of drug-likeness (QED) is 0.729. The van der Waals surface area contributed by atoms with Crippen LogP contribution in [-0.4, -0.2) is 30.8 Å². The van der Waals surface area contributed by atoms with Crippen molar-refractivity contribution >= 4 is 18.5 Å². The first-order valence-corrected chi connectivity index (χ1v) is 5.17. The molecule has 0 saturated carbocycles. The molecule has 5 heteroatoms. The second-order valence-corrected chi connectivity index (χ2v) is 4.67. The Morgan fingerprint density at radius 2 is 1.87 bits per heavy atom. The standard InChI is InChI=1S/C10H20N2O2.ClH/c1-10(2,3)14-9(13)12-8-4-6-11-7-5-8;/h8,11H,4-7H2,1-3H3,(H,12,13);1H. The van der Waals surface area contributed by atoms with Gasteiger partial charge in [0.05, 0.1) is 0 Å². The second kappa shape index (κ2) is 6.18. The summed E-state index contributed by atoms with van der Waals surface area (Å²) in [5, 5.41) is 6.12. The molecule has 0 bridgehead atoms. The summed E-state index contributed by atoms with van der Waals surface area (Å²) in [4.78, 5) is 11.4. The predicted octanol–water partition coefficient (Wildman–Crippen LogP) is 1.68. The lowest BCUT2D eigenvalue weighted by atomic mass is 10.1. The number of ether oxygens (including phenoxy) is 1. The van der Waals surface area contributed by atoms with Gasteiger partial charge in [0.2, 0.25) is 0 Å². The van der Waals surface area contributed by atoms with Crippen LogP contribution in [0, 0.1) is 0 Å². The van der Waals surface area contributed by atoms with Crippen molar-refractivity contribution in [2.75, 3.05) is 13.1 Å². The Kier molecular flexibility index (Phi) is 5.98. The minimum Gasteiger partial charge on any atom is -0.444 e. The average molecular weight is 237 g/mol. The van der Waals surface area contributed by atoms with E-state index >= 15 is 0 Å². The molecular weight excluding hydrogens is 216 g/mol. The van der Waals surface area contributed by atoms with Crippen molar-refractivity contribution in [3.05, 3.63) is 0 Å². The van der Waals surface area contributed by atoms with E-state index in [1.165, 1.54) is 0 Å². The smallest absolute Gasteiger partial charge is 0.407 e. The first kappa shape index (κ1) is 14.5. The molecule has 0 aromatic heterocycles. The molecule has 4 nitrogen and oxygen atoms in total. The van der Waals surface area contributed by atoms with Gasteiger partial charge in [0.15, 0.2) is 0 Å². The zero-order valence-corrected chi connectivity index (χ0v) is 10.4. The highest BCUT2D eigenvalue weighted by Gasteiger charge is 2.20. The van der Waals surface area contributed by atoms with Crippen LogP contribution in [0.15, 0.2) is 0 Å². The third-order valence-corrected chi connectivity index (χ3v) is 2.06. The fraction of sp³-hybridized carbons (Fsp3) is 0.900. The van der Waals surface area contributed by atoms with E-state index in [2.05, 4.69) is 10.6 Å². The largest absolute Gasteiger partial charge is 0.444 e. The molecule has 1 amide bonds. The van der Waals surface area contributed by atoms with Crippen molar-refractivity contribution in [1.82, 2.24) is 10.6 Å². The Hall–Kier alpha value is -0.480. The Labute approximate surface area is 97.5 Å². The molecule has 0 unspecified atom stereocenters. The number of piperidine rings is 1. The van der Waals surface area contributed by atoms with E-state index in [-0.39, 0.29) is 24.5 Å². The summed E-state index contributed by atoms with van der Waals surface area (Å²) in [6.45, 7) is 7.56. The summed E-state index contributed by atoms with van der Waals surface area (Å²) in [5.74, 6) is 0. The highest BCUT2D eigenvalue weighted by atomic mass is 35.5. The fourth-order valence-electron chi connectivity index (χ4n) is 1.44. The molecule has 0 aliphatic carbocycles. The number of hydrogen-bond donors (Lipinski definition) is 2. The molecule has 0 aromatic carbocycles. The van der Waals surface area contributed by atoms with Gasteiger partial charge in [-0.15, -0.1) is 12.4 Å². The summed E-state index contributed by atoms with van der Waals surface area (Å²) in [7, 11) is 0. The minimum absolute atomic E-state index is 0. The summed E-state index contributed by atoms with van der Waals surface area (Å²) >= 11 is 0. The van der Waals surface area contributed by atoms with Crippen LogP contribution in [0.3, 0.4) is 0 Å². The van der Waals surface area contributed by atoms with Crippen LogP contribution in [0.2, 0.25) is 0 Å². The van der Waals surface area contributed by atoms with Gasteiger partial charge in [-0.25, -0.2) is 4.79 Å². The van der Waals surface area contributed by atoms with E-state index < -0.39 is 5.60 Å². The normalized spacial score (nSPS) is 17.8. The van der Waals surface area contributed by atoms with Gasteiger partial charge in [-0.05, 0) is 46.7 Å². The number of carbonyl (C=O) groups is 1. The van der Waals surface area contributed by atoms with Crippen LogP contribution in [0.4, 0.5) is 4.79 Å². The highest BCUT2D eigenvalue weighted by molar-refractivity contribution is 5.85. The average Bonchev–Trinajstić information content (AvgIpc) is 2.02. The first-order valence-electron chi connectivity index (χ1n) is 5.17. The maximum atomic E-state index is 11.4. The molecule has 90 valence electrons. The van der Waals surface area contributed by atoms with Crippen LogP contribution in [-0.2, 0) is 4.74 Å². The fourth-order valence-corrected chi connectivity index (χ4v) is 1.44. The van der Waals surface area contributed by atoms with Crippen molar-refractivity contribution in [1.29, 1.82) is 0 Å². The Morgan fingerprint density at radius 1 is 1.33 bits per heavy atom. The number of amides is 1. The third-order valence-electron chi connectivity index (χ3n) is 2.06. The number of rotatable bonds is 1. The molecule has 1 fully saturated rings. The Balaban J connectivity index is 0.00000196. The van der Waals surface area contributed by atoms with Crippen LogP contribution >= 0.6 is 12.4 Å². The van der Waals surface area contributed by atoms with Gasteiger partial charge in [0.25, 0.3) is 0 Å². The van der Waals surface area contributed by atoms with Crippen molar-refractivity contribution in [3.8, 4) is 0 Å². The van der Waals surface area contributed by atoms with Gasteiger partial charge in [0.1, 0.15) is 5.60 Å². The zero-order valence-electron chi connectivity index (χ0n) is 9.63. The molecule has 0 radical (unpaired) electrons. The number of alkyl carbamates (subject to hydrolysis) is 1. The number of carbonyl (C=O) groups excluding carboxylic acids is 1. The third kappa shape index (κ3) is 6.57. The van der Waals surface area contributed by atoms with Gasteiger partial charge in [-0.3, -0.25) is 0 Å². The van der Waals surface area contributed by atoms with Crippen molar-refractivity contribution < 1.29 is 9.53 Å². The van der Waals surface area contributed by atoms with Crippen LogP contribution < -0.4 is 10.6 Å². The molecular formula is C10H21ClN2O2. The number of nitrogens with one attached hydrogen (secondary N) is 2. The molecule has 1 aliphatic heterocycles. The molecule has 1 saturated heterocycles. The van der Waals surface area contributed by atoms with Gasteiger partial charge < -0.3 is 15.4 Å². The lowest BCUT2D eigenvalue weighted by molar-refractivity contribution is 0.0495. The van der Waals surface area contributed by atoms with Gasteiger partial charge in [-0.1, -0.05) is 0 Å². The monoisotopic (exact) mass is 236 g/mol. The highest BCUT2D eigenvalue weighted by Crippen LogP contribution is 2.08. The second-order valence-electron chi connectivity index (χ2n) is 4.67. The maximum Gasteiger partial charge on any atom is 0.407 e. The van der Waals surface area contributed by atoms with Gasteiger partial charge in [-0.2, -0.15) is 0 Å². The summed E-state index contributed by atoms with van der Waals surface area (Å²) < 4.78 is 5.17. The number of hydrogen-bond acceptors (Lipinski definition) is 3. The topological polar surface area (TPSA) is 50.4 Å². The minimum atomic E-state index is -0.406. The van der Waals surface area contributed by atoms with E-state index in [9.17, 15) is 4.79 Å². The maximum absolute atomic E-state index is 11.4. The van der Waals surface area contributed by atoms with Crippen LogP contribution in [0.5, 0.6) is 0 Å². The van der Waals surface area contributed by atoms with Crippen molar-refractivity contribution in [2.24, 2.45) is 0 Å². The van der Waals surface area contributed by atoms with E-state index in [0.29, 0.717) is 0 Å². The molecule has 1 rings (SSSR count). The van der Waals surface area contributed by atoms with Gasteiger partial charge >= 0.3 is 6.09 Å². The van der Waals surface area contributed by atoms with Crippen molar-refractivity contribution in [2.45, 2.75) is 45.3 Å².